The molecule has 170 valence electrons. The number of thioether (sulfide) groups is 1. The van der Waals surface area contributed by atoms with Crippen molar-refractivity contribution in [3.8, 4) is 0 Å². The smallest absolute Gasteiger partial charge is 0.384 e. The van der Waals surface area contributed by atoms with E-state index in [1.165, 1.54) is 17.4 Å². The zero-order chi connectivity index (χ0) is 23.1. The highest BCUT2D eigenvalue weighted by atomic mass is 32.2. The monoisotopic (exact) mass is 481 g/mol. The van der Waals surface area contributed by atoms with Crippen molar-refractivity contribution in [1.29, 1.82) is 0 Å². The zero-order valence-corrected chi connectivity index (χ0v) is 19.2. The maximum Gasteiger partial charge on any atom is 0.416 e. The summed E-state index contributed by atoms with van der Waals surface area (Å²) in [7, 11) is 2.01. The number of piperidine rings is 1. The molecule has 0 unspecified atom stereocenters. The zero-order valence-electron chi connectivity index (χ0n) is 17.6. The molecule has 2 aromatic heterocycles. The van der Waals surface area contributed by atoms with Gasteiger partial charge in [0, 0.05) is 23.4 Å². The van der Waals surface area contributed by atoms with Crippen LogP contribution in [0.4, 0.5) is 13.2 Å². The summed E-state index contributed by atoms with van der Waals surface area (Å²) in [6.07, 6.45) is -3.25. The van der Waals surface area contributed by atoms with Gasteiger partial charge in [-0.2, -0.15) is 13.2 Å². The summed E-state index contributed by atoms with van der Waals surface area (Å²) >= 11 is 2.38. The number of aryl methyl sites for hydroxylation is 1. The topological polar surface area (TPSA) is 66.3 Å². The molecular weight excluding hydrogens is 459 g/mol. The van der Waals surface area contributed by atoms with Gasteiger partial charge in [-0.1, -0.05) is 11.8 Å². The summed E-state index contributed by atoms with van der Waals surface area (Å²) in [4.78, 5) is 24.7. The maximum atomic E-state index is 13.1. The van der Waals surface area contributed by atoms with Gasteiger partial charge in [0.1, 0.15) is 16.5 Å². The average molecular weight is 482 g/mol. The van der Waals surface area contributed by atoms with E-state index in [1.54, 1.807) is 19.1 Å². The Bertz CT molecular complexity index is 1160. The molecule has 3 heterocycles. The van der Waals surface area contributed by atoms with E-state index in [-0.39, 0.29) is 16.9 Å². The fraction of sp³-hybridized carbons (Fsp3) is 0.409. The van der Waals surface area contributed by atoms with Gasteiger partial charge in [-0.25, -0.2) is 9.97 Å². The first kappa shape index (κ1) is 23.2. The van der Waals surface area contributed by atoms with Gasteiger partial charge < -0.3 is 10.0 Å². The lowest BCUT2D eigenvalue weighted by molar-refractivity contribution is -0.137. The molecule has 10 heteroatoms. The van der Waals surface area contributed by atoms with Gasteiger partial charge in [-0.15, -0.1) is 11.3 Å². The molecule has 1 N–H and O–H groups in total. The van der Waals surface area contributed by atoms with Gasteiger partial charge in [0.2, 0.25) is 0 Å². The van der Waals surface area contributed by atoms with Crippen LogP contribution < -0.4 is 0 Å². The fourth-order valence-corrected chi connectivity index (χ4v) is 5.79. The molecular formula is C22H22F3N3O2S2. The summed E-state index contributed by atoms with van der Waals surface area (Å²) in [6.45, 7) is 3.23. The molecule has 4 rings (SSSR count). The third-order valence-corrected chi connectivity index (χ3v) is 7.90. The molecule has 32 heavy (non-hydrogen) atoms. The quantitative estimate of drug-likeness (QED) is 0.318. The van der Waals surface area contributed by atoms with E-state index in [0.29, 0.717) is 34.1 Å². The molecule has 0 aliphatic carbocycles. The van der Waals surface area contributed by atoms with Crippen molar-refractivity contribution >= 4 is 39.8 Å². The van der Waals surface area contributed by atoms with E-state index < -0.39 is 17.3 Å². The summed E-state index contributed by atoms with van der Waals surface area (Å²) in [5.74, 6) is 0.303. The minimum absolute atomic E-state index is 0.0307. The molecule has 0 saturated carbocycles. The van der Waals surface area contributed by atoms with Crippen molar-refractivity contribution in [2.45, 2.75) is 36.6 Å². The first-order valence-corrected chi connectivity index (χ1v) is 11.9. The number of halogens is 3. The molecule has 1 aromatic carbocycles. The highest BCUT2D eigenvalue weighted by molar-refractivity contribution is 8.00. The molecule has 0 bridgehead atoms. The van der Waals surface area contributed by atoms with Gasteiger partial charge in [-0.05, 0) is 57.1 Å². The molecule has 0 amide bonds. The van der Waals surface area contributed by atoms with Crippen LogP contribution in [0.3, 0.4) is 0 Å². The molecule has 1 saturated heterocycles. The predicted molar refractivity (Wildman–Crippen MR) is 119 cm³/mol. The molecule has 1 aliphatic heterocycles. The number of likely N-dealkylation sites (tertiary alicyclic amines) is 1. The van der Waals surface area contributed by atoms with E-state index >= 15 is 0 Å². The SMILES string of the molecule is Cc1nc(SCC(=O)c2ccc(C3(O)CCN(C)CC3)s2)c2cc(C(F)(F)F)ccc2n1. The number of benzene rings is 1. The highest BCUT2D eigenvalue weighted by Crippen LogP contribution is 2.38. The molecule has 0 spiro atoms. The average Bonchev–Trinajstić information content (AvgIpc) is 3.24. The Labute approximate surface area is 191 Å². The number of aromatic nitrogens is 2. The first-order valence-electron chi connectivity index (χ1n) is 10.1. The Morgan fingerprint density at radius 1 is 1.22 bits per heavy atom. The van der Waals surface area contributed by atoms with Gasteiger partial charge >= 0.3 is 6.18 Å². The van der Waals surface area contributed by atoms with Crippen molar-refractivity contribution in [1.82, 2.24) is 14.9 Å². The third-order valence-electron chi connectivity index (χ3n) is 5.59. The largest absolute Gasteiger partial charge is 0.416 e. The van der Waals surface area contributed by atoms with Crippen molar-refractivity contribution in [3.63, 3.8) is 0 Å². The number of fused-ring (bicyclic) bond motifs is 1. The van der Waals surface area contributed by atoms with Crippen molar-refractivity contribution < 1.29 is 23.1 Å². The third kappa shape index (κ3) is 4.83. The van der Waals surface area contributed by atoms with Crippen LogP contribution in [0.5, 0.6) is 0 Å². The number of carbonyl (C=O) groups is 1. The number of hydrogen-bond donors (Lipinski definition) is 1. The molecule has 3 aromatic rings. The first-order chi connectivity index (χ1) is 15.0. The van der Waals surface area contributed by atoms with E-state index in [1.807, 2.05) is 7.05 Å². The van der Waals surface area contributed by atoms with Crippen LogP contribution >= 0.6 is 23.1 Å². The number of Topliss-reactive ketones (excluding diaryl/α,β-unsaturated/α-hetero) is 1. The molecule has 1 fully saturated rings. The van der Waals surface area contributed by atoms with Crippen LogP contribution in [0.1, 0.15) is 38.8 Å². The summed E-state index contributed by atoms with van der Waals surface area (Å²) < 4.78 is 39.4. The van der Waals surface area contributed by atoms with E-state index in [0.717, 1.165) is 41.9 Å². The van der Waals surface area contributed by atoms with Crippen molar-refractivity contribution in [2.75, 3.05) is 25.9 Å². The van der Waals surface area contributed by atoms with Gasteiger partial charge in [0.05, 0.1) is 21.7 Å². The second-order valence-electron chi connectivity index (χ2n) is 8.02. The number of aliphatic hydroxyl groups is 1. The minimum atomic E-state index is -4.47. The van der Waals surface area contributed by atoms with E-state index in [2.05, 4.69) is 14.9 Å². The van der Waals surface area contributed by atoms with Crippen LogP contribution in [0.2, 0.25) is 0 Å². The van der Waals surface area contributed by atoms with Crippen LogP contribution in [-0.2, 0) is 11.8 Å². The van der Waals surface area contributed by atoms with Gasteiger partial charge in [0.25, 0.3) is 0 Å². The minimum Gasteiger partial charge on any atom is -0.384 e. The normalized spacial score (nSPS) is 17.1. The van der Waals surface area contributed by atoms with Gasteiger partial charge in [0.15, 0.2) is 5.78 Å². The predicted octanol–water partition coefficient (Wildman–Crippen LogP) is 4.91. The van der Waals surface area contributed by atoms with Gasteiger partial charge in [-0.3, -0.25) is 4.79 Å². The Morgan fingerprint density at radius 2 is 1.94 bits per heavy atom. The van der Waals surface area contributed by atoms with E-state index in [4.69, 9.17) is 0 Å². The second kappa shape index (κ2) is 8.74. The van der Waals surface area contributed by atoms with Crippen molar-refractivity contribution in [3.05, 3.63) is 51.5 Å². The summed E-state index contributed by atoms with van der Waals surface area (Å²) in [6, 6.07) is 6.86. The molecule has 0 atom stereocenters. The Morgan fingerprint density at radius 3 is 2.62 bits per heavy atom. The number of hydrogen-bond acceptors (Lipinski definition) is 7. The van der Waals surface area contributed by atoms with Crippen LogP contribution in [-0.4, -0.2) is 51.6 Å². The standard InChI is InChI=1S/C22H22F3N3O2S2/c1-13-26-16-4-3-14(22(23,24)25)11-15(16)20(27-13)31-12-17(29)18-5-6-19(32-18)21(30)7-9-28(2)10-8-21/h3-6,11,30H,7-10,12H2,1-2H3. The Balaban J connectivity index is 1.53. The lowest BCUT2D eigenvalue weighted by Crippen LogP contribution is -2.40. The van der Waals surface area contributed by atoms with Crippen molar-refractivity contribution in [2.24, 2.45) is 0 Å². The molecule has 1 aliphatic rings. The summed E-state index contributed by atoms with van der Waals surface area (Å²) in [5.41, 5.74) is -1.29. The number of thiophene rings is 1. The lowest BCUT2D eigenvalue weighted by atomic mass is 9.90. The number of rotatable bonds is 5. The maximum absolute atomic E-state index is 13.1. The number of ketones is 1. The number of nitrogens with zero attached hydrogens (tertiary/aromatic N) is 3. The van der Waals surface area contributed by atoms with Crippen LogP contribution in [0.15, 0.2) is 35.4 Å². The molecule has 5 nitrogen and oxygen atoms in total. The molecule has 0 radical (unpaired) electrons. The number of alkyl halides is 3. The Hall–Kier alpha value is -2.01. The summed E-state index contributed by atoms with van der Waals surface area (Å²) in [5, 5.41) is 11.6. The number of carbonyl (C=O) groups excluding carboxylic acids is 1. The van der Waals surface area contributed by atoms with E-state index in [9.17, 15) is 23.1 Å². The Kier molecular flexibility index (Phi) is 6.32. The van der Waals surface area contributed by atoms with Crippen LogP contribution in [0.25, 0.3) is 10.9 Å². The lowest BCUT2D eigenvalue weighted by Gasteiger charge is -2.35. The second-order valence-corrected chi connectivity index (χ2v) is 10.1. The fourth-order valence-electron chi connectivity index (χ4n) is 3.68. The van der Waals surface area contributed by atoms with Crippen LogP contribution in [0, 0.1) is 6.92 Å². The highest BCUT2D eigenvalue weighted by Gasteiger charge is 2.35.